The zero-order valence-electron chi connectivity index (χ0n) is 37.3. The van der Waals surface area contributed by atoms with Crippen molar-refractivity contribution >= 4 is 101 Å². The van der Waals surface area contributed by atoms with Gasteiger partial charge in [-0.3, -0.25) is 30.3 Å². The van der Waals surface area contributed by atoms with Crippen molar-refractivity contribution in [2.24, 2.45) is 11.5 Å². The lowest BCUT2D eigenvalue weighted by atomic mass is 10.2. The van der Waals surface area contributed by atoms with Gasteiger partial charge in [0.1, 0.15) is 5.82 Å². The van der Waals surface area contributed by atoms with Gasteiger partial charge >= 0.3 is 0 Å². The predicted octanol–water partition coefficient (Wildman–Crippen LogP) is 11.2. The molecule has 0 saturated heterocycles. The first-order valence-corrected chi connectivity index (χ1v) is 20.9. The topological polar surface area (TPSA) is 282 Å². The van der Waals surface area contributed by atoms with Crippen molar-refractivity contribution < 1.29 is 19.2 Å². The first kappa shape index (κ1) is 65.4. The number of benzene rings is 5. The molecule has 0 aliphatic carbocycles. The molecule has 0 atom stereocenters. The highest BCUT2D eigenvalue weighted by molar-refractivity contribution is 5.86. The molecule has 0 heterocycles. The van der Waals surface area contributed by atoms with E-state index in [-0.39, 0.29) is 66.7 Å². The number of nitrogens with one attached hydrogen (secondary N) is 4. The summed E-state index contributed by atoms with van der Waals surface area (Å²) in [5.41, 5.74) is 27.4. The fraction of sp³-hybridized carbons (Fsp3) is 0.333. The largest absolute Gasteiger partial charge is 0.399 e. The number of nitro benzene ring substituents is 3. The van der Waals surface area contributed by atoms with Gasteiger partial charge in [0.2, 0.25) is 0 Å². The summed E-state index contributed by atoms with van der Waals surface area (Å²) in [4.78, 5) is 29.7. The molecule has 17 nitrogen and oxygen atoms in total. The van der Waals surface area contributed by atoms with Crippen LogP contribution in [0.5, 0.6) is 0 Å². The van der Waals surface area contributed by atoms with Gasteiger partial charge in [-0.15, -0.1) is 49.6 Å². The van der Waals surface area contributed by atoms with Crippen LogP contribution in [0.1, 0.15) is 57.8 Å². The van der Waals surface area contributed by atoms with E-state index in [1.165, 1.54) is 37.1 Å². The van der Waals surface area contributed by atoms with E-state index in [9.17, 15) is 34.7 Å². The first-order chi connectivity index (χ1) is 30.4. The maximum Gasteiger partial charge on any atom is 0.269 e. The van der Waals surface area contributed by atoms with Crippen LogP contribution >= 0.6 is 49.6 Å². The van der Waals surface area contributed by atoms with E-state index < -0.39 is 20.6 Å². The average molecular weight is 1020 g/mol. The second kappa shape index (κ2) is 40.4. The number of unbranched alkanes of at least 4 members (excludes halogenated alkanes) is 6. The standard InChI is InChI=1S/C17H20N4O4.C17H24N4.C6H4FNO2.C5H14N2.4ClH/c22-20(23)16-8-4-14(5-9-16)18-12-2-1-3-13-19-15-6-10-17(11-7-15)21(24)25;18-14-4-8-16(9-5-14)20-12-2-1-3-13-21-17-10-6-15(19)7-11-17;7-5-1-3-6(4-2-5)8(9)10;6-4-2-1-3-5-7;;;;/h4-11,18-19H,1-3,12-13H2;4-11,20-21H,1-3,12-13,18-19H2;1-4H;1-7H2;4*1H. The maximum atomic E-state index is 12.1. The molecule has 0 unspecified atom stereocenters. The number of hydrogen-bond donors (Lipinski definition) is 8. The van der Waals surface area contributed by atoms with E-state index in [1.54, 1.807) is 24.3 Å². The van der Waals surface area contributed by atoms with Crippen LogP contribution in [-0.4, -0.2) is 54.0 Å². The monoisotopic (exact) mass is 1020 g/mol. The molecule has 0 spiro atoms. The van der Waals surface area contributed by atoms with Crippen molar-refractivity contribution in [1.29, 1.82) is 0 Å². The van der Waals surface area contributed by atoms with Crippen LogP contribution in [0, 0.1) is 36.2 Å². The second-order valence-electron chi connectivity index (χ2n) is 14.1. The summed E-state index contributed by atoms with van der Waals surface area (Å²) in [5, 5.41) is 44.4. The van der Waals surface area contributed by atoms with Crippen LogP contribution in [0.25, 0.3) is 0 Å². The predicted molar refractivity (Wildman–Crippen MR) is 284 cm³/mol. The molecule has 5 aromatic carbocycles. The molecule has 0 radical (unpaired) electrons. The number of nitrogens with two attached hydrogens (primary N) is 4. The average Bonchev–Trinajstić information content (AvgIpc) is 3.28. The highest BCUT2D eigenvalue weighted by Gasteiger charge is 2.05. The second-order valence-corrected chi connectivity index (χ2v) is 14.1. The Hall–Kier alpha value is -5.89. The lowest BCUT2D eigenvalue weighted by Crippen LogP contribution is -2.04. The lowest BCUT2D eigenvalue weighted by molar-refractivity contribution is -0.385. The summed E-state index contributed by atoms with van der Waals surface area (Å²) in [5.74, 6) is -0.467. The van der Waals surface area contributed by atoms with Gasteiger partial charge in [-0.25, -0.2) is 4.39 Å². The highest BCUT2D eigenvalue weighted by Crippen LogP contribution is 2.17. The third-order valence-electron chi connectivity index (χ3n) is 8.95. The van der Waals surface area contributed by atoms with Gasteiger partial charge in [0, 0.05) is 96.7 Å². The Kier molecular flexibility index (Phi) is 39.4. The van der Waals surface area contributed by atoms with Gasteiger partial charge in [0.15, 0.2) is 0 Å². The third kappa shape index (κ3) is 31.6. The number of non-ortho nitro benzene ring substituents is 3. The van der Waals surface area contributed by atoms with Crippen LogP contribution in [-0.2, 0) is 0 Å². The molecule has 0 aliphatic heterocycles. The smallest absolute Gasteiger partial charge is 0.269 e. The Morgan fingerprint density at radius 3 is 0.836 bits per heavy atom. The van der Waals surface area contributed by atoms with E-state index in [0.717, 1.165) is 143 Å². The van der Waals surface area contributed by atoms with E-state index in [2.05, 4.69) is 21.3 Å². The Balaban J connectivity index is -0.000000879. The Bertz CT molecular complexity index is 1900. The number of halogens is 5. The summed E-state index contributed by atoms with van der Waals surface area (Å²) in [7, 11) is 0. The molecule has 0 amide bonds. The number of nitro groups is 3. The zero-order chi connectivity index (χ0) is 46.1. The lowest BCUT2D eigenvalue weighted by Gasteiger charge is -2.08. The van der Waals surface area contributed by atoms with E-state index in [0.29, 0.717) is 0 Å². The fourth-order valence-corrected chi connectivity index (χ4v) is 5.42. The van der Waals surface area contributed by atoms with Gasteiger partial charge in [0.25, 0.3) is 17.1 Å². The molecule has 0 bridgehead atoms. The summed E-state index contributed by atoms with van der Waals surface area (Å²) in [6.07, 6.45) is 9.95. The number of nitrogens with zero attached hydrogens (tertiary/aromatic N) is 3. The van der Waals surface area contributed by atoms with Gasteiger partial charge < -0.3 is 44.2 Å². The summed E-state index contributed by atoms with van der Waals surface area (Å²) in [6, 6.07) is 32.8. The molecule has 5 rings (SSSR count). The molecular formula is C45H66Cl4FN11O6. The maximum absolute atomic E-state index is 12.1. The molecule has 0 fully saturated rings. The molecule has 0 saturated carbocycles. The number of rotatable bonds is 23. The quantitative estimate of drug-likeness (QED) is 0.0131. The molecule has 0 aliphatic rings. The fourth-order valence-electron chi connectivity index (χ4n) is 5.42. The Labute approximate surface area is 416 Å². The molecule has 12 N–H and O–H groups in total. The van der Waals surface area contributed by atoms with Crippen LogP contribution in [0.15, 0.2) is 121 Å². The van der Waals surface area contributed by atoms with Crippen LogP contribution in [0.3, 0.4) is 0 Å². The summed E-state index contributed by atoms with van der Waals surface area (Å²) < 4.78 is 12.1. The van der Waals surface area contributed by atoms with Gasteiger partial charge in [-0.1, -0.05) is 6.42 Å². The summed E-state index contributed by atoms with van der Waals surface area (Å²) >= 11 is 0. The zero-order valence-corrected chi connectivity index (χ0v) is 40.5. The molecular weight excluding hydrogens is 951 g/mol. The normalized spacial score (nSPS) is 9.42. The SMILES string of the molecule is Cl.Cl.Cl.Cl.NCCCCCN.Nc1ccc(NCCCCCNc2ccc(N)cc2)cc1.O=[N+]([O-])c1ccc(F)cc1.O=[N+]([O-])c1ccc(NCCCCCNc2ccc([N+](=O)[O-])cc2)cc1. The van der Waals surface area contributed by atoms with Gasteiger partial charge in [-0.05, 0) is 149 Å². The molecule has 5 aromatic rings. The van der Waals surface area contributed by atoms with Crippen molar-refractivity contribution in [3.05, 3.63) is 157 Å². The minimum Gasteiger partial charge on any atom is -0.399 e. The molecule has 67 heavy (non-hydrogen) atoms. The van der Waals surface area contributed by atoms with Crippen molar-refractivity contribution in [2.45, 2.75) is 57.8 Å². The van der Waals surface area contributed by atoms with Crippen LogP contribution in [0.2, 0.25) is 0 Å². The molecule has 22 heteroatoms. The van der Waals surface area contributed by atoms with Crippen LogP contribution < -0.4 is 44.2 Å². The number of nitrogen functional groups attached to an aromatic ring is 2. The molecule has 372 valence electrons. The minimum absolute atomic E-state index is 0. The van der Waals surface area contributed by atoms with E-state index in [4.69, 9.17) is 22.9 Å². The van der Waals surface area contributed by atoms with E-state index in [1.807, 2.05) is 48.5 Å². The Morgan fingerprint density at radius 2 is 0.597 bits per heavy atom. The van der Waals surface area contributed by atoms with Crippen molar-refractivity contribution in [3.63, 3.8) is 0 Å². The summed E-state index contributed by atoms with van der Waals surface area (Å²) in [6.45, 7) is 5.20. The van der Waals surface area contributed by atoms with E-state index >= 15 is 0 Å². The van der Waals surface area contributed by atoms with Gasteiger partial charge in [0.05, 0.1) is 14.8 Å². The number of anilines is 6. The van der Waals surface area contributed by atoms with Crippen LogP contribution in [0.4, 0.5) is 55.6 Å². The highest BCUT2D eigenvalue weighted by atomic mass is 35.5. The third-order valence-corrected chi connectivity index (χ3v) is 8.95. The van der Waals surface area contributed by atoms with Crippen molar-refractivity contribution in [1.82, 2.24) is 0 Å². The minimum atomic E-state index is -0.570. The first-order valence-electron chi connectivity index (χ1n) is 20.9. The molecule has 0 aromatic heterocycles. The van der Waals surface area contributed by atoms with Crippen molar-refractivity contribution in [2.75, 3.05) is 72.0 Å². The van der Waals surface area contributed by atoms with Gasteiger partial charge in [-0.2, -0.15) is 0 Å². The Morgan fingerprint density at radius 1 is 0.373 bits per heavy atom. The number of hydrogen-bond acceptors (Lipinski definition) is 14. The van der Waals surface area contributed by atoms with Crippen molar-refractivity contribution in [3.8, 4) is 0 Å².